The third-order valence-corrected chi connectivity index (χ3v) is 4.72. The molecule has 1 heterocycles. The van der Waals surface area contributed by atoms with Crippen molar-refractivity contribution in [2.45, 2.75) is 45.8 Å². The third kappa shape index (κ3) is 3.96. The number of hydrogen-bond donors (Lipinski definition) is 1. The average Bonchev–Trinajstić information content (AvgIpc) is 2.55. The highest BCUT2D eigenvalue weighted by Crippen LogP contribution is 2.40. The molecular formula is C21H24ClNO3. The standard InChI is InChI=1S/C21H24ClNO3/c1-5-25-18-9-7-14(11-16(18)22)20(24)23-17-12-21(3,4)26-19-10-13(2)6-8-15(17)19/h6-11,17H,5,12H2,1-4H3,(H,23,24). The van der Waals surface area contributed by atoms with Crippen LogP contribution in [0.25, 0.3) is 0 Å². The molecule has 0 aromatic heterocycles. The van der Waals surface area contributed by atoms with Gasteiger partial charge in [-0.15, -0.1) is 0 Å². The van der Waals surface area contributed by atoms with Gasteiger partial charge in [0.15, 0.2) is 0 Å². The Balaban J connectivity index is 1.84. The molecule has 1 N–H and O–H groups in total. The molecule has 0 bridgehead atoms. The van der Waals surface area contributed by atoms with Gasteiger partial charge >= 0.3 is 0 Å². The van der Waals surface area contributed by atoms with Crippen LogP contribution in [-0.4, -0.2) is 18.1 Å². The highest BCUT2D eigenvalue weighted by atomic mass is 35.5. The van der Waals surface area contributed by atoms with Crippen molar-refractivity contribution in [1.29, 1.82) is 0 Å². The zero-order valence-corrected chi connectivity index (χ0v) is 16.3. The fraction of sp³-hybridized carbons (Fsp3) is 0.381. The molecule has 1 aliphatic heterocycles. The van der Waals surface area contributed by atoms with Crippen LogP contribution in [-0.2, 0) is 0 Å². The molecule has 0 spiro atoms. The first-order chi connectivity index (χ1) is 12.3. The van der Waals surface area contributed by atoms with Crippen molar-refractivity contribution in [3.05, 3.63) is 58.1 Å². The van der Waals surface area contributed by atoms with E-state index in [1.807, 2.05) is 45.9 Å². The Hall–Kier alpha value is -2.20. The van der Waals surface area contributed by atoms with Crippen molar-refractivity contribution in [2.75, 3.05) is 6.61 Å². The van der Waals surface area contributed by atoms with Crippen molar-refractivity contribution >= 4 is 17.5 Å². The molecule has 0 saturated heterocycles. The van der Waals surface area contributed by atoms with Crippen LogP contribution in [0.3, 0.4) is 0 Å². The van der Waals surface area contributed by atoms with Gasteiger partial charge in [-0.1, -0.05) is 23.7 Å². The van der Waals surface area contributed by atoms with E-state index in [4.69, 9.17) is 21.1 Å². The fourth-order valence-corrected chi connectivity index (χ4v) is 3.48. The smallest absolute Gasteiger partial charge is 0.251 e. The predicted molar refractivity (Wildman–Crippen MR) is 103 cm³/mol. The molecule has 2 aromatic carbocycles. The predicted octanol–water partition coefficient (Wildman–Crippen LogP) is 5.08. The van der Waals surface area contributed by atoms with Gasteiger partial charge < -0.3 is 14.8 Å². The van der Waals surface area contributed by atoms with E-state index in [9.17, 15) is 4.79 Å². The lowest BCUT2D eigenvalue weighted by atomic mass is 9.89. The van der Waals surface area contributed by atoms with E-state index in [0.29, 0.717) is 29.4 Å². The Labute approximate surface area is 159 Å². The Morgan fingerprint density at radius 1 is 1.31 bits per heavy atom. The molecule has 0 aliphatic carbocycles. The van der Waals surface area contributed by atoms with Crippen LogP contribution in [0.2, 0.25) is 5.02 Å². The second-order valence-electron chi connectivity index (χ2n) is 7.21. The normalized spacial score (nSPS) is 17.8. The molecule has 0 saturated carbocycles. The van der Waals surface area contributed by atoms with E-state index in [0.717, 1.165) is 16.9 Å². The van der Waals surface area contributed by atoms with E-state index in [-0.39, 0.29) is 17.6 Å². The minimum absolute atomic E-state index is 0.118. The van der Waals surface area contributed by atoms with Crippen molar-refractivity contribution in [3.8, 4) is 11.5 Å². The quantitative estimate of drug-likeness (QED) is 0.812. The van der Waals surface area contributed by atoms with E-state index >= 15 is 0 Å². The van der Waals surface area contributed by atoms with Crippen LogP contribution in [0.15, 0.2) is 36.4 Å². The number of ether oxygens (including phenoxy) is 2. The van der Waals surface area contributed by atoms with E-state index in [1.165, 1.54) is 0 Å². The lowest BCUT2D eigenvalue weighted by molar-refractivity contribution is 0.0619. The van der Waals surface area contributed by atoms with E-state index < -0.39 is 0 Å². The molecule has 2 aromatic rings. The molecule has 3 rings (SSSR count). The number of benzene rings is 2. The van der Waals surface area contributed by atoms with Crippen LogP contribution < -0.4 is 14.8 Å². The summed E-state index contributed by atoms with van der Waals surface area (Å²) in [4.78, 5) is 12.8. The first kappa shape index (κ1) is 18.6. The highest BCUT2D eigenvalue weighted by Gasteiger charge is 2.34. The van der Waals surface area contributed by atoms with Gasteiger partial charge in [0.25, 0.3) is 5.91 Å². The van der Waals surface area contributed by atoms with Crippen LogP contribution >= 0.6 is 11.6 Å². The van der Waals surface area contributed by atoms with Crippen molar-refractivity contribution in [3.63, 3.8) is 0 Å². The molecule has 1 atom stereocenters. The molecular weight excluding hydrogens is 350 g/mol. The molecule has 1 aliphatic rings. The maximum Gasteiger partial charge on any atom is 0.251 e. The number of aryl methyl sites for hydroxylation is 1. The Morgan fingerprint density at radius 2 is 2.08 bits per heavy atom. The molecule has 1 amide bonds. The summed E-state index contributed by atoms with van der Waals surface area (Å²) < 4.78 is 11.5. The van der Waals surface area contributed by atoms with Gasteiger partial charge in [-0.25, -0.2) is 0 Å². The number of hydrogen-bond acceptors (Lipinski definition) is 3. The molecule has 1 unspecified atom stereocenters. The van der Waals surface area contributed by atoms with Crippen molar-refractivity contribution < 1.29 is 14.3 Å². The molecule has 0 fully saturated rings. The van der Waals surface area contributed by atoms with E-state index in [2.05, 4.69) is 5.32 Å². The minimum Gasteiger partial charge on any atom is -0.492 e. The third-order valence-electron chi connectivity index (χ3n) is 4.43. The van der Waals surface area contributed by atoms with Crippen LogP contribution in [0.4, 0.5) is 0 Å². The van der Waals surface area contributed by atoms with Crippen LogP contribution in [0.1, 0.15) is 54.7 Å². The largest absolute Gasteiger partial charge is 0.492 e. The summed E-state index contributed by atoms with van der Waals surface area (Å²) in [7, 11) is 0. The number of halogens is 1. The SMILES string of the molecule is CCOc1ccc(C(=O)NC2CC(C)(C)Oc3cc(C)ccc32)cc1Cl. The maximum atomic E-state index is 12.8. The van der Waals surface area contributed by atoms with Gasteiger partial charge in [0.1, 0.15) is 17.1 Å². The topological polar surface area (TPSA) is 47.6 Å². The second kappa shape index (κ2) is 7.20. The molecule has 0 radical (unpaired) electrons. The minimum atomic E-state index is -0.352. The second-order valence-corrected chi connectivity index (χ2v) is 7.62. The average molecular weight is 374 g/mol. The van der Waals surface area contributed by atoms with Gasteiger partial charge in [-0.05, 0) is 57.5 Å². The van der Waals surface area contributed by atoms with Gasteiger partial charge in [0, 0.05) is 17.5 Å². The van der Waals surface area contributed by atoms with Crippen LogP contribution in [0, 0.1) is 6.92 Å². The summed E-state index contributed by atoms with van der Waals surface area (Å²) in [5.74, 6) is 1.25. The zero-order valence-electron chi connectivity index (χ0n) is 15.6. The van der Waals surface area contributed by atoms with E-state index in [1.54, 1.807) is 18.2 Å². The summed E-state index contributed by atoms with van der Waals surface area (Å²) in [6.45, 7) is 8.51. The lowest BCUT2D eigenvalue weighted by Gasteiger charge is -2.38. The van der Waals surface area contributed by atoms with Gasteiger partial charge in [-0.2, -0.15) is 0 Å². The van der Waals surface area contributed by atoms with Crippen molar-refractivity contribution in [2.24, 2.45) is 0 Å². The zero-order chi connectivity index (χ0) is 18.9. The number of nitrogens with one attached hydrogen (secondary N) is 1. The van der Waals surface area contributed by atoms with Gasteiger partial charge in [0.05, 0.1) is 17.7 Å². The van der Waals surface area contributed by atoms with Gasteiger partial charge in [0.2, 0.25) is 0 Å². The summed E-state index contributed by atoms with van der Waals surface area (Å²) in [5.41, 5.74) is 2.29. The number of carbonyl (C=O) groups is 1. The lowest BCUT2D eigenvalue weighted by Crippen LogP contribution is -2.41. The summed E-state index contributed by atoms with van der Waals surface area (Å²) in [6.07, 6.45) is 0.694. The number of fused-ring (bicyclic) bond motifs is 1. The van der Waals surface area contributed by atoms with Gasteiger partial charge in [-0.3, -0.25) is 4.79 Å². The molecule has 138 valence electrons. The Bertz CT molecular complexity index is 832. The molecule has 4 nitrogen and oxygen atoms in total. The summed E-state index contributed by atoms with van der Waals surface area (Å²) in [6, 6.07) is 11.1. The van der Waals surface area contributed by atoms with Crippen molar-refractivity contribution in [1.82, 2.24) is 5.32 Å². The molecule has 5 heteroatoms. The Morgan fingerprint density at radius 3 is 2.77 bits per heavy atom. The fourth-order valence-electron chi connectivity index (χ4n) is 3.24. The summed E-state index contributed by atoms with van der Waals surface area (Å²) in [5, 5.41) is 3.56. The number of amides is 1. The maximum absolute atomic E-state index is 12.8. The first-order valence-electron chi connectivity index (χ1n) is 8.82. The Kier molecular flexibility index (Phi) is 5.15. The first-order valence-corrected chi connectivity index (χ1v) is 9.19. The molecule has 26 heavy (non-hydrogen) atoms. The highest BCUT2D eigenvalue weighted by molar-refractivity contribution is 6.32. The summed E-state index contributed by atoms with van der Waals surface area (Å²) >= 11 is 6.21. The number of rotatable bonds is 4. The number of carbonyl (C=O) groups excluding carboxylic acids is 1. The monoisotopic (exact) mass is 373 g/mol. The van der Waals surface area contributed by atoms with Crippen LogP contribution in [0.5, 0.6) is 11.5 Å².